The van der Waals surface area contributed by atoms with Gasteiger partial charge in [0.25, 0.3) is 10.2 Å². The van der Waals surface area contributed by atoms with Crippen LogP contribution >= 0.6 is 0 Å². The molecule has 0 unspecified atom stereocenters. The Kier molecular flexibility index (Phi) is 5.96. The van der Waals surface area contributed by atoms with Crippen LogP contribution in [0.25, 0.3) is 0 Å². The van der Waals surface area contributed by atoms with Crippen molar-refractivity contribution in [3.05, 3.63) is 18.0 Å². The monoisotopic (exact) mass is 329 g/mol. The SMILES string of the molecule is CN(C)S(=O)(=O)NCC[C@@H]1CCCCN1Cc1cnn(C)c1. The summed E-state index contributed by atoms with van der Waals surface area (Å²) in [5, 5.41) is 4.21. The van der Waals surface area contributed by atoms with Crippen LogP contribution in [0.15, 0.2) is 12.4 Å². The zero-order chi connectivity index (χ0) is 16.2. The second kappa shape index (κ2) is 7.54. The molecule has 126 valence electrons. The zero-order valence-electron chi connectivity index (χ0n) is 13.7. The average molecular weight is 329 g/mol. The van der Waals surface area contributed by atoms with Crippen molar-refractivity contribution in [2.45, 2.75) is 38.3 Å². The summed E-state index contributed by atoms with van der Waals surface area (Å²) in [6.45, 7) is 2.44. The number of nitrogens with zero attached hydrogens (tertiary/aromatic N) is 4. The fourth-order valence-corrected chi connectivity index (χ4v) is 3.50. The van der Waals surface area contributed by atoms with Crippen LogP contribution in [-0.4, -0.2) is 60.6 Å². The highest BCUT2D eigenvalue weighted by Crippen LogP contribution is 2.21. The normalized spacial score (nSPS) is 20.6. The summed E-state index contributed by atoms with van der Waals surface area (Å²) in [6, 6.07) is 0.429. The van der Waals surface area contributed by atoms with Crippen molar-refractivity contribution in [2.75, 3.05) is 27.2 Å². The molecule has 22 heavy (non-hydrogen) atoms. The quantitative estimate of drug-likeness (QED) is 0.793. The largest absolute Gasteiger partial charge is 0.296 e. The maximum absolute atomic E-state index is 11.7. The highest BCUT2D eigenvalue weighted by molar-refractivity contribution is 7.87. The van der Waals surface area contributed by atoms with E-state index in [2.05, 4.69) is 14.7 Å². The fourth-order valence-electron chi connectivity index (χ4n) is 2.87. The summed E-state index contributed by atoms with van der Waals surface area (Å²) >= 11 is 0. The molecule has 1 aliphatic rings. The zero-order valence-corrected chi connectivity index (χ0v) is 14.5. The van der Waals surface area contributed by atoms with Crippen LogP contribution in [0.4, 0.5) is 0 Å². The first-order chi connectivity index (χ1) is 10.4. The molecule has 1 aromatic rings. The van der Waals surface area contributed by atoms with Crippen molar-refractivity contribution in [3.63, 3.8) is 0 Å². The van der Waals surface area contributed by atoms with Crippen molar-refractivity contribution in [1.82, 2.24) is 23.7 Å². The van der Waals surface area contributed by atoms with Gasteiger partial charge in [-0.1, -0.05) is 6.42 Å². The lowest BCUT2D eigenvalue weighted by Gasteiger charge is -2.35. The molecule has 1 fully saturated rings. The van der Waals surface area contributed by atoms with E-state index in [1.54, 1.807) is 0 Å². The summed E-state index contributed by atoms with van der Waals surface area (Å²) in [4.78, 5) is 2.45. The van der Waals surface area contributed by atoms with Gasteiger partial charge in [0.1, 0.15) is 0 Å². The van der Waals surface area contributed by atoms with Crippen LogP contribution in [0.1, 0.15) is 31.2 Å². The van der Waals surface area contributed by atoms with Gasteiger partial charge in [0.2, 0.25) is 0 Å². The lowest BCUT2D eigenvalue weighted by Crippen LogP contribution is -2.42. The van der Waals surface area contributed by atoms with Crippen molar-refractivity contribution >= 4 is 10.2 Å². The van der Waals surface area contributed by atoms with E-state index in [1.165, 1.54) is 36.8 Å². The van der Waals surface area contributed by atoms with E-state index in [9.17, 15) is 8.42 Å². The average Bonchev–Trinajstić information content (AvgIpc) is 2.86. The van der Waals surface area contributed by atoms with Gasteiger partial charge in [-0.25, -0.2) is 4.72 Å². The molecule has 0 amide bonds. The maximum Gasteiger partial charge on any atom is 0.278 e. The molecular formula is C14H27N5O2S. The molecule has 1 N–H and O–H groups in total. The minimum absolute atomic E-state index is 0.429. The van der Waals surface area contributed by atoms with E-state index in [4.69, 9.17) is 0 Å². The van der Waals surface area contributed by atoms with Crippen LogP contribution in [-0.2, 0) is 23.8 Å². The Balaban J connectivity index is 1.87. The van der Waals surface area contributed by atoms with Crippen LogP contribution in [0.3, 0.4) is 0 Å². The Morgan fingerprint density at radius 1 is 1.41 bits per heavy atom. The van der Waals surface area contributed by atoms with E-state index in [0.29, 0.717) is 12.6 Å². The van der Waals surface area contributed by atoms with Gasteiger partial charge < -0.3 is 0 Å². The van der Waals surface area contributed by atoms with Crippen LogP contribution < -0.4 is 4.72 Å². The van der Waals surface area contributed by atoms with E-state index in [0.717, 1.165) is 25.9 Å². The number of piperidine rings is 1. The molecule has 1 aromatic heterocycles. The molecule has 1 aliphatic heterocycles. The third kappa shape index (κ3) is 4.77. The van der Waals surface area contributed by atoms with Gasteiger partial charge in [0, 0.05) is 52.0 Å². The summed E-state index contributed by atoms with van der Waals surface area (Å²) in [5.41, 5.74) is 1.21. The first kappa shape index (κ1) is 17.4. The molecule has 0 saturated carbocycles. The topological polar surface area (TPSA) is 70.5 Å². The number of likely N-dealkylation sites (tertiary alicyclic amines) is 1. The molecule has 2 rings (SSSR count). The summed E-state index contributed by atoms with van der Waals surface area (Å²) < 4.78 is 29.2. The van der Waals surface area contributed by atoms with Gasteiger partial charge in [0.05, 0.1) is 6.20 Å². The molecule has 0 aliphatic carbocycles. The minimum atomic E-state index is -3.32. The van der Waals surface area contributed by atoms with E-state index in [-0.39, 0.29) is 0 Å². The standard InChI is InChI=1S/C14H27N5O2S/c1-17(2)22(20,21)16-8-7-14-6-4-5-9-19(14)12-13-10-15-18(3)11-13/h10-11,14,16H,4-9,12H2,1-3H3/t14-/m0/s1. The Morgan fingerprint density at radius 3 is 2.82 bits per heavy atom. The molecule has 0 bridgehead atoms. The van der Waals surface area contributed by atoms with Crippen molar-refractivity contribution < 1.29 is 8.42 Å². The predicted octanol–water partition coefficient (Wildman–Crippen LogP) is 0.561. The molecule has 0 aromatic carbocycles. The van der Waals surface area contributed by atoms with Crippen LogP contribution in [0, 0.1) is 0 Å². The van der Waals surface area contributed by atoms with Crippen LogP contribution in [0.5, 0.6) is 0 Å². The highest BCUT2D eigenvalue weighted by Gasteiger charge is 2.23. The first-order valence-corrected chi connectivity index (χ1v) is 9.21. The molecule has 7 nitrogen and oxygen atoms in total. The summed E-state index contributed by atoms with van der Waals surface area (Å²) in [5.74, 6) is 0. The van der Waals surface area contributed by atoms with Gasteiger partial charge in [0.15, 0.2) is 0 Å². The highest BCUT2D eigenvalue weighted by atomic mass is 32.2. The number of aryl methyl sites for hydroxylation is 1. The Morgan fingerprint density at radius 2 is 2.18 bits per heavy atom. The van der Waals surface area contributed by atoms with Gasteiger partial charge in [-0.3, -0.25) is 9.58 Å². The predicted molar refractivity (Wildman–Crippen MR) is 86.5 cm³/mol. The minimum Gasteiger partial charge on any atom is -0.296 e. The van der Waals surface area contributed by atoms with E-state index >= 15 is 0 Å². The molecule has 1 atom stereocenters. The number of hydrogen-bond acceptors (Lipinski definition) is 4. The lowest BCUT2D eigenvalue weighted by molar-refractivity contribution is 0.133. The third-order valence-electron chi connectivity index (χ3n) is 4.14. The molecule has 1 saturated heterocycles. The van der Waals surface area contributed by atoms with Crippen LogP contribution in [0.2, 0.25) is 0 Å². The Bertz CT molecular complexity index is 570. The van der Waals surface area contributed by atoms with Gasteiger partial charge >= 0.3 is 0 Å². The summed E-state index contributed by atoms with van der Waals surface area (Å²) in [7, 11) is 1.68. The van der Waals surface area contributed by atoms with E-state index in [1.807, 2.05) is 24.1 Å². The number of aromatic nitrogens is 2. The molecule has 2 heterocycles. The van der Waals surface area contributed by atoms with Crippen molar-refractivity contribution in [2.24, 2.45) is 7.05 Å². The van der Waals surface area contributed by atoms with Crippen molar-refractivity contribution in [1.29, 1.82) is 0 Å². The Labute approximate surface area is 133 Å². The molecular weight excluding hydrogens is 302 g/mol. The Hall–Kier alpha value is -0.960. The van der Waals surface area contributed by atoms with Crippen molar-refractivity contribution in [3.8, 4) is 0 Å². The van der Waals surface area contributed by atoms with Gasteiger partial charge in [-0.05, 0) is 25.8 Å². The number of rotatable bonds is 7. The van der Waals surface area contributed by atoms with Gasteiger partial charge in [-0.2, -0.15) is 17.8 Å². The smallest absolute Gasteiger partial charge is 0.278 e. The molecule has 0 spiro atoms. The number of nitrogens with one attached hydrogen (secondary N) is 1. The second-order valence-corrected chi connectivity index (χ2v) is 8.08. The first-order valence-electron chi connectivity index (χ1n) is 7.77. The summed E-state index contributed by atoms with van der Waals surface area (Å²) in [6.07, 6.45) is 8.34. The maximum atomic E-state index is 11.7. The lowest BCUT2D eigenvalue weighted by atomic mass is 9.99. The third-order valence-corrected chi connectivity index (χ3v) is 5.67. The van der Waals surface area contributed by atoms with E-state index < -0.39 is 10.2 Å². The molecule has 0 radical (unpaired) electrons. The number of hydrogen-bond donors (Lipinski definition) is 1. The second-order valence-electron chi connectivity index (χ2n) is 6.11. The van der Waals surface area contributed by atoms with Gasteiger partial charge in [-0.15, -0.1) is 0 Å². The molecule has 8 heteroatoms. The fraction of sp³-hybridized carbons (Fsp3) is 0.786.